The minimum atomic E-state index is -0.867. The smallest absolute Gasteiger partial charge is 0.309 e. The highest BCUT2D eigenvalue weighted by atomic mass is 16.4. The molecule has 2 aliphatic carbocycles. The van der Waals surface area contributed by atoms with Crippen LogP contribution in [-0.4, -0.2) is 21.8 Å². The first-order chi connectivity index (χ1) is 10.6. The summed E-state index contributed by atoms with van der Waals surface area (Å²) in [4.78, 5) is 11.9. The summed E-state index contributed by atoms with van der Waals surface area (Å²) in [7, 11) is 0. The Bertz CT molecular complexity index is 507. The third-order valence-electron chi connectivity index (χ3n) is 6.89. The summed E-state index contributed by atoms with van der Waals surface area (Å²) in [6, 6.07) is 0. The van der Waals surface area contributed by atoms with Gasteiger partial charge in [-0.1, -0.05) is 31.6 Å². The SMILES string of the molecule is C=C[C@](C)(O)CC[C@@H]1C(=C)CC[C@H]2[C@]1(C)CCC[C@@]2(C)C(=O)O. The van der Waals surface area contributed by atoms with Gasteiger partial charge in [0.05, 0.1) is 11.0 Å². The molecule has 0 aromatic heterocycles. The normalized spacial score (nSPS) is 40.1. The van der Waals surface area contributed by atoms with Gasteiger partial charge in [0.25, 0.3) is 0 Å². The predicted molar refractivity (Wildman–Crippen MR) is 93.1 cm³/mol. The van der Waals surface area contributed by atoms with E-state index in [4.69, 9.17) is 0 Å². The fraction of sp³-hybridized carbons (Fsp3) is 0.750. The Labute approximate surface area is 140 Å². The van der Waals surface area contributed by atoms with E-state index >= 15 is 0 Å². The van der Waals surface area contributed by atoms with Crippen LogP contribution in [0.5, 0.6) is 0 Å². The molecule has 2 fully saturated rings. The number of hydrogen-bond acceptors (Lipinski definition) is 2. The van der Waals surface area contributed by atoms with Crippen molar-refractivity contribution in [3.8, 4) is 0 Å². The summed E-state index contributed by atoms with van der Waals surface area (Å²) in [5, 5.41) is 20.1. The minimum absolute atomic E-state index is 0.0298. The van der Waals surface area contributed by atoms with E-state index in [9.17, 15) is 15.0 Å². The molecule has 2 N–H and O–H groups in total. The van der Waals surface area contributed by atoms with E-state index in [1.54, 1.807) is 13.0 Å². The molecule has 2 rings (SSSR count). The maximum absolute atomic E-state index is 11.9. The van der Waals surface area contributed by atoms with Crippen LogP contribution in [0.15, 0.2) is 24.8 Å². The molecule has 0 unspecified atom stereocenters. The van der Waals surface area contributed by atoms with Gasteiger partial charge in [-0.2, -0.15) is 0 Å². The van der Waals surface area contributed by atoms with Gasteiger partial charge in [-0.25, -0.2) is 0 Å². The molecule has 0 radical (unpaired) electrons. The number of rotatable bonds is 5. The molecular weight excluding hydrogens is 288 g/mol. The van der Waals surface area contributed by atoms with Crippen molar-refractivity contribution >= 4 is 5.97 Å². The lowest BCUT2D eigenvalue weighted by Crippen LogP contribution is -2.53. The maximum Gasteiger partial charge on any atom is 0.309 e. The van der Waals surface area contributed by atoms with Crippen molar-refractivity contribution < 1.29 is 15.0 Å². The van der Waals surface area contributed by atoms with Crippen LogP contribution < -0.4 is 0 Å². The fourth-order valence-electron chi connectivity index (χ4n) is 5.28. The van der Waals surface area contributed by atoms with Crippen LogP contribution in [0.3, 0.4) is 0 Å². The first kappa shape index (κ1) is 18.3. The van der Waals surface area contributed by atoms with Crippen molar-refractivity contribution in [2.75, 3.05) is 0 Å². The molecule has 0 saturated heterocycles. The molecule has 0 spiro atoms. The standard InChI is InChI=1S/C20H32O3/c1-6-18(3,23)13-10-15-14(2)8-9-16-19(15,4)11-7-12-20(16,5)17(21)22/h6,15-16,23H,1-2,7-13H2,3-5H3,(H,21,22)/t15-,16+,18+,19-,20-/m1/s1. The van der Waals surface area contributed by atoms with Crippen molar-refractivity contribution in [1.82, 2.24) is 0 Å². The average Bonchev–Trinajstić information content (AvgIpc) is 2.46. The van der Waals surface area contributed by atoms with Crippen molar-refractivity contribution in [2.24, 2.45) is 22.7 Å². The van der Waals surface area contributed by atoms with E-state index in [1.165, 1.54) is 5.57 Å². The molecule has 2 saturated carbocycles. The quantitative estimate of drug-likeness (QED) is 0.730. The fourth-order valence-corrected chi connectivity index (χ4v) is 5.28. The second-order valence-electron chi connectivity index (χ2n) is 8.48. The largest absolute Gasteiger partial charge is 0.481 e. The van der Waals surface area contributed by atoms with E-state index < -0.39 is 17.0 Å². The molecule has 0 bridgehead atoms. The van der Waals surface area contributed by atoms with Gasteiger partial charge >= 0.3 is 5.97 Å². The molecule has 0 aromatic rings. The average molecular weight is 320 g/mol. The summed E-state index contributed by atoms with van der Waals surface area (Å²) in [6.45, 7) is 14.0. The Morgan fingerprint density at radius 3 is 2.65 bits per heavy atom. The van der Waals surface area contributed by atoms with Crippen LogP contribution in [0, 0.1) is 22.7 Å². The van der Waals surface area contributed by atoms with E-state index in [2.05, 4.69) is 20.1 Å². The van der Waals surface area contributed by atoms with Crippen molar-refractivity contribution in [2.45, 2.75) is 71.3 Å². The van der Waals surface area contributed by atoms with Crippen LogP contribution in [0.25, 0.3) is 0 Å². The number of hydrogen-bond donors (Lipinski definition) is 2. The molecular formula is C20H32O3. The zero-order chi connectivity index (χ0) is 17.5. The number of allylic oxidation sites excluding steroid dienone is 1. The maximum atomic E-state index is 11.9. The van der Waals surface area contributed by atoms with E-state index in [-0.39, 0.29) is 17.3 Å². The van der Waals surface area contributed by atoms with Crippen LogP contribution in [0.1, 0.15) is 65.7 Å². The van der Waals surface area contributed by atoms with E-state index in [1.807, 2.05) is 6.92 Å². The zero-order valence-corrected chi connectivity index (χ0v) is 14.9. The second-order valence-corrected chi connectivity index (χ2v) is 8.48. The number of carboxylic acid groups (broad SMARTS) is 1. The first-order valence-corrected chi connectivity index (χ1v) is 8.84. The number of carboxylic acids is 1. The van der Waals surface area contributed by atoms with Crippen LogP contribution in [-0.2, 0) is 4.79 Å². The van der Waals surface area contributed by atoms with Crippen LogP contribution in [0.4, 0.5) is 0 Å². The van der Waals surface area contributed by atoms with Gasteiger partial charge in [0.15, 0.2) is 0 Å². The number of carbonyl (C=O) groups is 1. The lowest BCUT2D eigenvalue weighted by molar-refractivity contribution is -0.164. The topological polar surface area (TPSA) is 57.5 Å². The van der Waals surface area contributed by atoms with Gasteiger partial charge in [0, 0.05) is 0 Å². The summed E-state index contributed by atoms with van der Waals surface area (Å²) < 4.78 is 0. The summed E-state index contributed by atoms with van der Waals surface area (Å²) in [6.07, 6.45) is 7.70. The van der Waals surface area contributed by atoms with Crippen molar-refractivity contribution in [3.63, 3.8) is 0 Å². The van der Waals surface area contributed by atoms with Gasteiger partial charge in [0.2, 0.25) is 0 Å². The minimum Gasteiger partial charge on any atom is -0.481 e. The summed E-state index contributed by atoms with van der Waals surface area (Å²) in [5.74, 6) is -0.185. The molecule has 0 aliphatic heterocycles. The number of aliphatic carboxylic acids is 1. The highest BCUT2D eigenvalue weighted by molar-refractivity contribution is 5.75. The molecule has 0 heterocycles. The van der Waals surface area contributed by atoms with Gasteiger partial charge < -0.3 is 10.2 Å². The number of fused-ring (bicyclic) bond motifs is 1. The van der Waals surface area contributed by atoms with Gasteiger partial charge in [-0.15, -0.1) is 6.58 Å². The van der Waals surface area contributed by atoms with Crippen molar-refractivity contribution in [1.29, 1.82) is 0 Å². The Morgan fingerprint density at radius 2 is 2.09 bits per heavy atom. The third kappa shape index (κ3) is 3.13. The highest BCUT2D eigenvalue weighted by Gasteiger charge is 2.57. The molecule has 23 heavy (non-hydrogen) atoms. The number of aliphatic hydroxyl groups is 1. The molecule has 3 heteroatoms. The molecule has 0 amide bonds. The molecule has 2 aliphatic rings. The summed E-state index contributed by atoms with van der Waals surface area (Å²) >= 11 is 0. The summed E-state index contributed by atoms with van der Waals surface area (Å²) in [5.41, 5.74) is -0.294. The van der Waals surface area contributed by atoms with Gasteiger partial charge in [-0.3, -0.25) is 4.79 Å². The molecule has 130 valence electrons. The lowest BCUT2D eigenvalue weighted by Gasteiger charge is -2.57. The molecule has 5 atom stereocenters. The van der Waals surface area contributed by atoms with Gasteiger partial charge in [0.1, 0.15) is 0 Å². The predicted octanol–water partition coefficient (Wildman–Crippen LogP) is 4.57. The van der Waals surface area contributed by atoms with Gasteiger partial charge in [-0.05, 0) is 69.6 Å². The highest BCUT2D eigenvalue weighted by Crippen LogP contribution is 2.62. The first-order valence-electron chi connectivity index (χ1n) is 8.84. The Kier molecular flexibility index (Phi) is 4.83. The molecule has 3 nitrogen and oxygen atoms in total. The Hall–Kier alpha value is -1.09. The Morgan fingerprint density at radius 1 is 1.43 bits per heavy atom. The van der Waals surface area contributed by atoms with Crippen LogP contribution >= 0.6 is 0 Å². The van der Waals surface area contributed by atoms with Crippen molar-refractivity contribution in [3.05, 3.63) is 24.8 Å². The molecule has 0 aromatic carbocycles. The van der Waals surface area contributed by atoms with E-state index in [0.29, 0.717) is 6.42 Å². The lowest BCUT2D eigenvalue weighted by atomic mass is 9.46. The zero-order valence-electron chi connectivity index (χ0n) is 14.9. The third-order valence-corrected chi connectivity index (χ3v) is 6.89. The monoisotopic (exact) mass is 320 g/mol. The Balaban J connectivity index is 2.29. The second kappa shape index (κ2) is 6.08. The van der Waals surface area contributed by atoms with Crippen LogP contribution in [0.2, 0.25) is 0 Å². The van der Waals surface area contributed by atoms with E-state index in [0.717, 1.165) is 38.5 Å².